The number of ketones is 1. The van der Waals surface area contributed by atoms with Crippen LogP contribution < -0.4 is 29.6 Å². The summed E-state index contributed by atoms with van der Waals surface area (Å²) >= 11 is 0. The van der Waals surface area contributed by atoms with Gasteiger partial charge in [-0.05, 0) is 55.8 Å². The van der Waals surface area contributed by atoms with Gasteiger partial charge in [-0.1, -0.05) is 12.1 Å². The number of esters is 1. The highest BCUT2D eigenvalue weighted by Crippen LogP contribution is 2.45. The molecule has 0 aliphatic carbocycles. The molecule has 42 heavy (non-hydrogen) atoms. The monoisotopic (exact) mass is 578 g/mol. The Morgan fingerprint density at radius 3 is 1.95 bits per heavy atom. The zero-order valence-corrected chi connectivity index (χ0v) is 23.9. The van der Waals surface area contributed by atoms with E-state index in [2.05, 4.69) is 10.6 Å². The van der Waals surface area contributed by atoms with E-state index in [4.69, 9.17) is 23.7 Å². The van der Waals surface area contributed by atoms with Crippen LogP contribution in [0.5, 0.6) is 28.7 Å². The normalized spacial score (nSPS) is 16.5. The SMILES string of the molecule is COc1cc(OC)c(OC)c(C(=O)c2ccc(C(=O)OC3CCCNCC3NC(=O)c3ccc(O)cc3)cc2)c1OC. The molecule has 2 atom stereocenters. The highest BCUT2D eigenvalue weighted by molar-refractivity contribution is 6.14. The number of phenolic OH excluding ortho intramolecular Hbond substituents is 1. The minimum atomic E-state index is -0.581. The van der Waals surface area contributed by atoms with Crippen molar-refractivity contribution in [3.8, 4) is 28.7 Å². The van der Waals surface area contributed by atoms with Crippen molar-refractivity contribution in [3.63, 3.8) is 0 Å². The van der Waals surface area contributed by atoms with Crippen LogP contribution >= 0.6 is 0 Å². The first-order chi connectivity index (χ1) is 20.3. The van der Waals surface area contributed by atoms with Gasteiger partial charge in [0, 0.05) is 23.7 Å². The topological polar surface area (TPSA) is 142 Å². The quantitative estimate of drug-likeness (QED) is 0.242. The van der Waals surface area contributed by atoms with Gasteiger partial charge in [0.2, 0.25) is 5.78 Å². The van der Waals surface area contributed by atoms with E-state index < -0.39 is 23.9 Å². The van der Waals surface area contributed by atoms with Gasteiger partial charge in [0.1, 0.15) is 17.4 Å². The van der Waals surface area contributed by atoms with Crippen LogP contribution in [0.1, 0.15) is 49.5 Å². The first-order valence-corrected chi connectivity index (χ1v) is 13.3. The van der Waals surface area contributed by atoms with E-state index in [1.807, 2.05) is 0 Å². The summed E-state index contributed by atoms with van der Waals surface area (Å²) < 4.78 is 27.6. The van der Waals surface area contributed by atoms with Crippen molar-refractivity contribution in [1.82, 2.24) is 10.6 Å². The number of methoxy groups -OCH3 is 4. The van der Waals surface area contributed by atoms with Crippen LogP contribution in [-0.2, 0) is 4.74 Å². The van der Waals surface area contributed by atoms with E-state index in [-0.39, 0.29) is 39.8 Å². The maximum absolute atomic E-state index is 13.6. The highest BCUT2D eigenvalue weighted by Gasteiger charge is 2.30. The molecule has 1 heterocycles. The molecule has 0 saturated carbocycles. The molecule has 0 spiro atoms. The summed E-state index contributed by atoms with van der Waals surface area (Å²) in [6.45, 7) is 1.14. The molecule has 3 N–H and O–H groups in total. The van der Waals surface area contributed by atoms with E-state index in [9.17, 15) is 19.5 Å². The van der Waals surface area contributed by atoms with Crippen molar-refractivity contribution < 1.29 is 43.2 Å². The summed E-state index contributed by atoms with van der Waals surface area (Å²) in [6, 6.07) is 13.0. The standard InChI is InChI=1S/C31H34N2O9/c1-38-24-16-25(39-2)29(41-4)26(28(24)40-3)27(35)18-7-9-20(10-8-18)31(37)42-23-6-5-15-32-17-22(23)33-30(36)19-11-13-21(34)14-12-19/h7-14,16,22-23,32,34H,5-6,15,17H2,1-4H3,(H,33,36). The Morgan fingerprint density at radius 2 is 1.38 bits per heavy atom. The lowest BCUT2D eigenvalue weighted by atomic mass is 9.99. The first-order valence-electron chi connectivity index (χ1n) is 13.3. The maximum Gasteiger partial charge on any atom is 0.338 e. The third-order valence-electron chi connectivity index (χ3n) is 6.98. The van der Waals surface area contributed by atoms with Gasteiger partial charge in [0.25, 0.3) is 5.91 Å². The number of rotatable bonds is 10. The molecule has 4 rings (SSSR count). The van der Waals surface area contributed by atoms with Crippen LogP contribution in [-0.4, -0.2) is 76.4 Å². The number of ether oxygens (including phenoxy) is 5. The van der Waals surface area contributed by atoms with Crippen molar-refractivity contribution >= 4 is 17.7 Å². The summed E-state index contributed by atoms with van der Waals surface area (Å²) in [5.74, 6) is -0.323. The summed E-state index contributed by atoms with van der Waals surface area (Å²) in [6.07, 6.45) is 0.727. The van der Waals surface area contributed by atoms with Gasteiger partial charge in [-0.2, -0.15) is 0 Å². The third-order valence-corrected chi connectivity index (χ3v) is 6.98. The zero-order chi connectivity index (χ0) is 30.2. The van der Waals surface area contributed by atoms with Crippen molar-refractivity contribution in [2.45, 2.75) is 25.0 Å². The molecular formula is C31H34N2O9. The summed E-state index contributed by atoms with van der Waals surface area (Å²) in [7, 11) is 5.74. The van der Waals surface area contributed by atoms with E-state index in [1.54, 1.807) is 6.07 Å². The third kappa shape index (κ3) is 6.58. The molecule has 3 aromatic rings. The van der Waals surface area contributed by atoms with Crippen LogP contribution in [0.4, 0.5) is 0 Å². The van der Waals surface area contributed by atoms with Crippen molar-refractivity contribution in [3.05, 3.63) is 76.9 Å². The molecule has 0 radical (unpaired) electrons. The van der Waals surface area contributed by atoms with Crippen LogP contribution in [0.2, 0.25) is 0 Å². The number of nitrogens with one attached hydrogen (secondary N) is 2. The average molecular weight is 579 g/mol. The maximum atomic E-state index is 13.6. The fourth-order valence-corrected chi connectivity index (χ4v) is 4.79. The number of hydrogen-bond donors (Lipinski definition) is 3. The molecule has 3 aromatic carbocycles. The van der Waals surface area contributed by atoms with E-state index in [1.165, 1.54) is 77.0 Å². The molecule has 0 aromatic heterocycles. The van der Waals surface area contributed by atoms with Crippen LogP contribution in [0, 0.1) is 0 Å². The van der Waals surface area contributed by atoms with Gasteiger partial charge in [0.15, 0.2) is 23.0 Å². The van der Waals surface area contributed by atoms with Crippen LogP contribution in [0.25, 0.3) is 0 Å². The number of carbonyl (C=O) groups excluding carboxylic acids is 3. The lowest BCUT2D eigenvalue weighted by Gasteiger charge is -2.26. The van der Waals surface area contributed by atoms with E-state index in [0.29, 0.717) is 30.0 Å². The number of carbonyl (C=O) groups is 3. The fourth-order valence-electron chi connectivity index (χ4n) is 4.79. The summed E-state index contributed by atoms with van der Waals surface area (Å²) in [5.41, 5.74) is 1.01. The molecule has 0 bridgehead atoms. The second-order valence-corrected chi connectivity index (χ2v) is 9.55. The minimum absolute atomic E-state index is 0.0590. The van der Waals surface area contributed by atoms with Gasteiger partial charge in [0.05, 0.1) is 40.0 Å². The second-order valence-electron chi connectivity index (χ2n) is 9.55. The fraction of sp³-hybridized carbons (Fsp3) is 0.323. The van der Waals surface area contributed by atoms with E-state index in [0.717, 1.165) is 13.0 Å². The largest absolute Gasteiger partial charge is 0.508 e. The van der Waals surface area contributed by atoms with Gasteiger partial charge in [-0.3, -0.25) is 9.59 Å². The highest BCUT2D eigenvalue weighted by atomic mass is 16.5. The molecule has 1 aliphatic heterocycles. The number of amides is 1. The van der Waals surface area contributed by atoms with E-state index >= 15 is 0 Å². The molecule has 1 fully saturated rings. The Balaban J connectivity index is 1.52. The van der Waals surface area contributed by atoms with Gasteiger partial charge >= 0.3 is 5.97 Å². The average Bonchev–Trinajstić information content (AvgIpc) is 3.24. The molecule has 1 saturated heterocycles. The van der Waals surface area contributed by atoms with Gasteiger partial charge in [-0.25, -0.2) is 4.79 Å². The summed E-state index contributed by atoms with van der Waals surface area (Å²) in [4.78, 5) is 39.6. The Bertz CT molecular complexity index is 1390. The Hall–Kier alpha value is -4.77. The second kappa shape index (κ2) is 13.7. The Labute approximate surface area is 243 Å². The smallest absolute Gasteiger partial charge is 0.338 e. The van der Waals surface area contributed by atoms with Crippen molar-refractivity contribution in [2.24, 2.45) is 0 Å². The minimum Gasteiger partial charge on any atom is -0.508 e. The van der Waals surface area contributed by atoms with Crippen molar-refractivity contribution in [2.75, 3.05) is 41.5 Å². The predicted molar refractivity (Wildman–Crippen MR) is 153 cm³/mol. The number of phenols is 1. The lowest BCUT2D eigenvalue weighted by Crippen LogP contribution is -2.49. The molecule has 222 valence electrons. The first kappa shape index (κ1) is 30.2. The van der Waals surface area contributed by atoms with Crippen LogP contribution in [0.3, 0.4) is 0 Å². The van der Waals surface area contributed by atoms with Crippen LogP contribution in [0.15, 0.2) is 54.6 Å². The van der Waals surface area contributed by atoms with Gasteiger partial charge in [-0.15, -0.1) is 0 Å². The molecular weight excluding hydrogens is 544 g/mol. The molecule has 2 unspecified atom stereocenters. The Morgan fingerprint density at radius 1 is 0.810 bits per heavy atom. The molecule has 1 amide bonds. The lowest BCUT2D eigenvalue weighted by molar-refractivity contribution is 0.0192. The number of aromatic hydroxyl groups is 1. The number of hydrogen-bond acceptors (Lipinski definition) is 10. The Kier molecular flexibility index (Phi) is 9.87. The predicted octanol–water partition coefficient (Wildman–Crippen LogP) is 3.37. The summed E-state index contributed by atoms with van der Waals surface area (Å²) in [5, 5.41) is 15.7. The zero-order valence-electron chi connectivity index (χ0n) is 23.9. The molecule has 11 nitrogen and oxygen atoms in total. The molecule has 11 heteroatoms. The van der Waals surface area contributed by atoms with Crippen molar-refractivity contribution in [1.29, 1.82) is 0 Å². The number of benzene rings is 3. The molecule has 1 aliphatic rings. The van der Waals surface area contributed by atoms with Gasteiger partial charge < -0.3 is 39.4 Å².